The highest BCUT2D eigenvalue weighted by molar-refractivity contribution is 6.38. The quantitative estimate of drug-likeness (QED) is 0.298. The van der Waals surface area contributed by atoms with E-state index < -0.39 is 5.91 Å². The number of halogens is 2. The fourth-order valence-electron chi connectivity index (χ4n) is 3.36. The monoisotopic (exact) mass is 483 g/mol. The summed E-state index contributed by atoms with van der Waals surface area (Å²) in [6.45, 7) is 2.18. The van der Waals surface area contributed by atoms with E-state index in [2.05, 4.69) is 5.32 Å². The van der Waals surface area contributed by atoms with Gasteiger partial charge in [-0.25, -0.2) is 0 Å². The van der Waals surface area contributed by atoms with Gasteiger partial charge in [0.05, 0.1) is 29.4 Å². The minimum Gasteiger partial charge on any atom is -0.497 e. The number of furan rings is 1. The lowest BCUT2D eigenvalue weighted by Gasteiger charge is -2.11. The number of anilines is 1. The van der Waals surface area contributed by atoms with Gasteiger partial charge < -0.3 is 19.2 Å². The molecule has 33 heavy (non-hydrogen) atoms. The van der Waals surface area contributed by atoms with Crippen LogP contribution in [0.2, 0.25) is 10.0 Å². The number of carbonyl (C=O) groups is 2. The maximum Gasteiger partial charge on any atom is 0.255 e. The van der Waals surface area contributed by atoms with Crippen molar-refractivity contribution in [3.8, 4) is 11.5 Å². The van der Waals surface area contributed by atoms with Crippen molar-refractivity contribution in [2.24, 2.45) is 0 Å². The van der Waals surface area contributed by atoms with Crippen molar-refractivity contribution in [2.45, 2.75) is 6.92 Å². The molecule has 4 rings (SSSR count). The third-order valence-corrected chi connectivity index (χ3v) is 5.50. The molecule has 8 heteroatoms. The first kappa shape index (κ1) is 22.7. The van der Waals surface area contributed by atoms with Gasteiger partial charge in [-0.15, -0.1) is 0 Å². The van der Waals surface area contributed by atoms with E-state index in [-0.39, 0.29) is 32.8 Å². The molecule has 0 aliphatic rings. The van der Waals surface area contributed by atoms with Gasteiger partial charge >= 0.3 is 0 Å². The predicted molar refractivity (Wildman–Crippen MR) is 128 cm³/mol. The van der Waals surface area contributed by atoms with Crippen molar-refractivity contribution < 1.29 is 23.5 Å². The minimum absolute atomic E-state index is 0.0119. The molecule has 0 fully saturated rings. The summed E-state index contributed by atoms with van der Waals surface area (Å²) in [6, 6.07) is 16.6. The maximum absolute atomic E-state index is 13.2. The van der Waals surface area contributed by atoms with Crippen molar-refractivity contribution in [1.29, 1.82) is 0 Å². The topological polar surface area (TPSA) is 77.8 Å². The van der Waals surface area contributed by atoms with E-state index in [1.807, 2.05) is 0 Å². The minimum atomic E-state index is -0.503. The molecule has 0 saturated heterocycles. The molecule has 0 atom stereocenters. The molecule has 0 aliphatic carbocycles. The van der Waals surface area contributed by atoms with Crippen LogP contribution >= 0.6 is 23.2 Å². The number of hydrogen-bond acceptors (Lipinski definition) is 5. The molecule has 1 aromatic heterocycles. The predicted octanol–water partition coefficient (Wildman–Crippen LogP) is 6.63. The summed E-state index contributed by atoms with van der Waals surface area (Å²) in [5.41, 5.74) is 1.32. The SMILES string of the molecule is CCOc1c(Cl)cc(C(=O)Nc2c(C(=O)c3ccc(OC)cc3)oc3ccccc23)cc1Cl. The van der Waals surface area contributed by atoms with Crippen molar-refractivity contribution >= 4 is 51.5 Å². The molecule has 0 spiro atoms. The third-order valence-electron chi connectivity index (χ3n) is 4.94. The number of carbonyl (C=O) groups excluding carboxylic acids is 2. The van der Waals surface area contributed by atoms with Crippen LogP contribution in [0.5, 0.6) is 11.5 Å². The number of nitrogens with one attached hydrogen (secondary N) is 1. The fourth-order valence-corrected chi connectivity index (χ4v) is 3.96. The Balaban J connectivity index is 1.73. The van der Waals surface area contributed by atoms with Crippen LogP contribution in [0, 0.1) is 0 Å². The lowest BCUT2D eigenvalue weighted by atomic mass is 10.1. The van der Waals surface area contributed by atoms with Gasteiger partial charge in [-0.05, 0) is 55.5 Å². The molecule has 6 nitrogen and oxygen atoms in total. The Morgan fingerprint density at radius 3 is 2.27 bits per heavy atom. The van der Waals surface area contributed by atoms with E-state index in [9.17, 15) is 9.59 Å². The highest BCUT2D eigenvalue weighted by Crippen LogP contribution is 2.36. The van der Waals surface area contributed by atoms with Crippen LogP contribution in [0.25, 0.3) is 11.0 Å². The summed E-state index contributed by atoms with van der Waals surface area (Å²) in [4.78, 5) is 26.3. The molecule has 1 heterocycles. The second-order valence-corrected chi connectivity index (χ2v) is 7.83. The Hall–Kier alpha value is -3.48. The molecule has 3 aromatic carbocycles. The Kier molecular flexibility index (Phi) is 6.58. The van der Waals surface area contributed by atoms with Gasteiger partial charge in [0.1, 0.15) is 11.3 Å². The molecule has 0 unspecified atom stereocenters. The van der Waals surface area contributed by atoms with Crippen molar-refractivity contribution in [3.05, 3.63) is 87.6 Å². The number of fused-ring (bicyclic) bond motifs is 1. The highest BCUT2D eigenvalue weighted by Gasteiger charge is 2.24. The van der Waals surface area contributed by atoms with Crippen molar-refractivity contribution in [2.75, 3.05) is 19.0 Å². The van der Waals surface area contributed by atoms with Crippen LogP contribution < -0.4 is 14.8 Å². The zero-order valence-corrected chi connectivity index (χ0v) is 19.3. The van der Waals surface area contributed by atoms with E-state index in [1.165, 1.54) is 12.1 Å². The van der Waals surface area contributed by atoms with E-state index in [0.717, 1.165) is 0 Å². The smallest absolute Gasteiger partial charge is 0.255 e. The summed E-state index contributed by atoms with van der Waals surface area (Å²) >= 11 is 12.5. The van der Waals surface area contributed by atoms with Crippen LogP contribution in [0.4, 0.5) is 5.69 Å². The fraction of sp³-hybridized carbons (Fsp3) is 0.120. The lowest BCUT2D eigenvalue weighted by molar-refractivity contribution is 0.101. The standard InChI is InChI=1S/C25H19Cl2NO5/c1-3-32-23-18(26)12-15(13-19(23)27)25(30)28-21-17-6-4-5-7-20(17)33-24(21)22(29)14-8-10-16(31-2)11-9-14/h4-13H,3H2,1-2H3,(H,28,30). The normalized spacial score (nSPS) is 10.8. The van der Waals surface area contributed by atoms with Crippen LogP contribution in [-0.2, 0) is 0 Å². The second-order valence-electron chi connectivity index (χ2n) is 7.02. The first-order chi connectivity index (χ1) is 15.9. The number of ether oxygens (including phenoxy) is 2. The number of methoxy groups -OCH3 is 1. The van der Waals surface area contributed by atoms with E-state index >= 15 is 0 Å². The lowest BCUT2D eigenvalue weighted by Crippen LogP contribution is -2.14. The molecule has 0 radical (unpaired) electrons. The van der Waals surface area contributed by atoms with Crippen molar-refractivity contribution in [1.82, 2.24) is 0 Å². The van der Waals surface area contributed by atoms with Gasteiger partial charge in [0, 0.05) is 16.5 Å². The Bertz CT molecular complexity index is 1320. The number of ketones is 1. The number of benzene rings is 3. The van der Waals surface area contributed by atoms with Gasteiger partial charge in [0.2, 0.25) is 5.78 Å². The summed E-state index contributed by atoms with van der Waals surface area (Å²) < 4.78 is 16.4. The van der Waals surface area contributed by atoms with Crippen LogP contribution in [-0.4, -0.2) is 25.4 Å². The van der Waals surface area contributed by atoms with Gasteiger partial charge in [0.15, 0.2) is 11.5 Å². The molecule has 0 aliphatic heterocycles. The second kappa shape index (κ2) is 9.57. The zero-order chi connectivity index (χ0) is 23.5. The molecule has 1 N–H and O–H groups in total. The molecular formula is C25H19Cl2NO5. The number of rotatable bonds is 7. The molecule has 0 saturated carbocycles. The zero-order valence-electron chi connectivity index (χ0n) is 17.8. The third kappa shape index (κ3) is 4.53. The Morgan fingerprint density at radius 1 is 0.970 bits per heavy atom. The Morgan fingerprint density at radius 2 is 1.64 bits per heavy atom. The van der Waals surface area contributed by atoms with E-state index in [1.54, 1.807) is 62.6 Å². The molecule has 1 amide bonds. The molecular weight excluding hydrogens is 465 g/mol. The molecule has 4 aromatic rings. The average Bonchev–Trinajstić information content (AvgIpc) is 3.19. The van der Waals surface area contributed by atoms with Crippen LogP contribution in [0.15, 0.2) is 65.1 Å². The molecule has 0 bridgehead atoms. The van der Waals surface area contributed by atoms with Gasteiger partial charge in [-0.3, -0.25) is 9.59 Å². The van der Waals surface area contributed by atoms with Crippen LogP contribution in [0.3, 0.4) is 0 Å². The Labute approximate surface area is 200 Å². The molecule has 168 valence electrons. The van der Waals surface area contributed by atoms with E-state index in [4.69, 9.17) is 37.1 Å². The van der Waals surface area contributed by atoms with E-state index in [0.29, 0.717) is 34.6 Å². The van der Waals surface area contributed by atoms with Gasteiger partial charge in [-0.2, -0.15) is 0 Å². The van der Waals surface area contributed by atoms with Crippen LogP contribution in [0.1, 0.15) is 33.4 Å². The highest BCUT2D eigenvalue weighted by atomic mass is 35.5. The first-order valence-electron chi connectivity index (χ1n) is 10.1. The van der Waals surface area contributed by atoms with Crippen molar-refractivity contribution in [3.63, 3.8) is 0 Å². The number of para-hydroxylation sites is 1. The van der Waals surface area contributed by atoms with Gasteiger partial charge in [0.25, 0.3) is 5.91 Å². The summed E-state index contributed by atoms with van der Waals surface area (Å²) in [7, 11) is 1.54. The maximum atomic E-state index is 13.2. The summed E-state index contributed by atoms with van der Waals surface area (Å²) in [5, 5.41) is 3.80. The largest absolute Gasteiger partial charge is 0.497 e. The van der Waals surface area contributed by atoms with Gasteiger partial charge in [-0.1, -0.05) is 35.3 Å². The first-order valence-corrected chi connectivity index (χ1v) is 10.8. The number of amides is 1. The summed E-state index contributed by atoms with van der Waals surface area (Å²) in [6.07, 6.45) is 0. The average molecular weight is 484 g/mol. The summed E-state index contributed by atoms with van der Waals surface area (Å²) in [5.74, 6) is 0.0531. The number of hydrogen-bond donors (Lipinski definition) is 1.